The number of fused-ring (bicyclic) bond motifs is 5. The molecular weight excluding hydrogens is 548 g/mol. The Morgan fingerprint density at radius 1 is 0.932 bits per heavy atom. The Morgan fingerprint density at radius 2 is 1.64 bits per heavy atom. The van der Waals surface area contributed by atoms with Crippen molar-refractivity contribution in [3.63, 3.8) is 0 Å². The highest BCUT2D eigenvalue weighted by Gasteiger charge is 2.69. The molecule has 0 unspecified atom stereocenters. The SMILES string of the molecule is CC(C)=CCC[C@@](C)(O)[C@@H]1CC[C@@]2(C)[C@H]1CC[C@H]1[C@]3(C)CC[C@@H](OC(=O)/C=C/c4ccc(O)c(O)c4)C(C)(C)[C@H]3CC[C@@]12C. The number of benzene rings is 1. The first-order valence-electron chi connectivity index (χ1n) is 17.2. The lowest BCUT2D eigenvalue weighted by molar-refractivity contribution is -0.229. The summed E-state index contributed by atoms with van der Waals surface area (Å²) >= 11 is 0. The van der Waals surface area contributed by atoms with Crippen molar-refractivity contribution in [1.82, 2.24) is 0 Å². The van der Waals surface area contributed by atoms with Crippen LogP contribution in [0.15, 0.2) is 35.9 Å². The van der Waals surface area contributed by atoms with Crippen LogP contribution in [0.3, 0.4) is 0 Å². The number of rotatable bonds is 7. The van der Waals surface area contributed by atoms with Crippen LogP contribution in [0.5, 0.6) is 11.5 Å². The first-order chi connectivity index (χ1) is 20.5. The number of phenols is 2. The van der Waals surface area contributed by atoms with Gasteiger partial charge in [0, 0.05) is 11.5 Å². The van der Waals surface area contributed by atoms with Gasteiger partial charge in [-0.05, 0) is 149 Å². The van der Waals surface area contributed by atoms with Gasteiger partial charge in [0.25, 0.3) is 0 Å². The fourth-order valence-electron chi connectivity index (χ4n) is 11.5. The van der Waals surface area contributed by atoms with Crippen molar-refractivity contribution >= 4 is 12.0 Å². The van der Waals surface area contributed by atoms with E-state index in [-0.39, 0.29) is 45.2 Å². The van der Waals surface area contributed by atoms with Crippen molar-refractivity contribution < 1.29 is 24.9 Å². The molecule has 1 aromatic carbocycles. The normalized spacial score (nSPS) is 39.1. The van der Waals surface area contributed by atoms with Gasteiger partial charge in [-0.15, -0.1) is 0 Å². The maximum Gasteiger partial charge on any atom is 0.331 e. The standard InChI is InChI=1S/C39H58O5/c1-25(2)10-9-20-39(8,43)28-17-22-37(6)27(28)13-15-32-36(5)21-19-33(35(3,4)31(36)18-23-38(32,37)7)44-34(42)16-12-26-11-14-29(40)30(41)24-26/h10-12,14,16,24,27-28,31-33,40-41,43H,9,13,15,17-23H2,1-8H3/b16-12+/t27-,28+,31+,32-,33+,36+,37-,38-,39+/m0/s1. The first kappa shape index (κ1) is 33.1. The second-order valence-electron chi connectivity index (χ2n) is 16.9. The number of carbonyl (C=O) groups is 1. The monoisotopic (exact) mass is 606 g/mol. The van der Waals surface area contributed by atoms with Gasteiger partial charge in [0.15, 0.2) is 11.5 Å². The summed E-state index contributed by atoms with van der Waals surface area (Å²) in [7, 11) is 0. The fraction of sp³-hybridized carbons (Fsp3) is 0.718. The molecule has 4 aliphatic carbocycles. The van der Waals surface area contributed by atoms with Gasteiger partial charge in [0.05, 0.1) is 5.60 Å². The lowest BCUT2D eigenvalue weighted by Crippen LogP contribution is -2.64. The predicted molar refractivity (Wildman–Crippen MR) is 177 cm³/mol. The molecule has 0 saturated heterocycles. The van der Waals surface area contributed by atoms with Crippen LogP contribution in [0.25, 0.3) is 6.08 Å². The molecule has 4 fully saturated rings. The lowest BCUT2D eigenvalue weighted by Gasteiger charge is -2.70. The summed E-state index contributed by atoms with van der Waals surface area (Å²) in [6.07, 6.45) is 16.0. The van der Waals surface area contributed by atoms with Gasteiger partial charge >= 0.3 is 5.97 Å². The third-order valence-electron chi connectivity index (χ3n) is 14.0. The maximum absolute atomic E-state index is 13.0. The number of phenolic OH excluding ortho intramolecular Hbond substituents is 2. The molecule has 44 heavy (non-hydrogen) atoms. The average Bonchev–Trinajstić information content (AvgIpc) is 3.30. The summed E-state index contributed by atoms with van der Waals surface area (Å²) < 4.78 is 6.16. The Labute approximate surface area is 266 Å². The largest absolute Gasteiger partial charge is 0.504 e. The van der Waals surface area contributed by atoms with E-state index in [0.29, 0.717) is 29.2 Å². The van der Waals surface area contributed by atoms with Crippen LogP contribution >= 0.6 is 0 Å². The molecule has 0 radical (unpaired) electrons. The molecule has 0 aliphatic heterocycles. The minimum absolute atomic E-state index is 0.140. The van der Waals surface area contributed by atoms with Crippen molar-refractivity contribution in [2.75, 3.05) is 0 Å². The highest BCUT2D eigenvalue weighted by Crippen LogP contribution is 2.76. The third-order valence-corrected chi connectivity index (χ3v) is 14.0. The number of ether oxygens (including phenoxy) is 1. The van der Waals surface area contributed by atoms with Crippen molar-refractivity contribution in [1.29, 1.82) is 0 Å². The molecular formula is C39H58O5. The van der Waals surface area contributed by atoms with E-state index in [1.165, 1.54) is 49.5 Å². The summed E-state index contributed by atoms with van der Waals surface area (Å²) in [5.74, 6) is 1.28. The van der Waals surface area contributed by atoms with Gasteiger partial charge in [-0.1, -0.05) is 52.3 Å². The molecule has 0 bridgehead atoms. The summed E-state index contributed by atoms with van der Waals surface area (Å²) in [5, 5.41) is 31.1. The molecule has 9 atom stereocenters. The summed E-state index contributed by atoms with van der Waals surface area (Å²) in [4.78, 5) is 13.0. The van der Waals surface area contributed by atoms with Crippen LogP contribution in [0.2, 0.25) is 0 Å². The van der Waals surface area contributed by atoms with E-state index in [1.54, 1.807) is 12.1 Å². The molecule has 0 spiro atoms. The molecule has 0 amide bonds. The van der Waals surface area contributed by atoms with E-state index >= 15 is 0 Å². The molecule has 1 aromatic rings. The average molecular weight is 607 g/mol. The Bertz CT molecular complexity index is 1300. The first-order valence-corrected chi connectivity index (χ1v) is 17.2. The zero-order valence-electron chi connectivity index (χ0n) is 28.6. The van der Waals surface area contributed by atoms with E-state index in [0.717, 1.165) is 38.5 Å². The van der Waals surface area contributed by atoms with Crippen molar-refractivity contribution in [3.05, 3.63) is 41.5 Å². The van der Waals surface area contributed by atoms with E-state index < -0.39 is 5.60 Å². The van der Waals surface area contributed by atoms with Crippen LogP contribution < -0.4 is 0 Å². The van der Waals surface area contributed by atoms with E-state index in [4.69, 9.17) is 4.74 Å². The Balaban J connectivity index is 1.31. The van der Waals surface area contributed by atoms with Crippen molar-refractivity contribution in [2.45, 2.75) is 131 Å². The summed E-state index contributed by atoms with van der Waals surface area (Å²) in [5.41, 5.74) is 1.86. The number of allylic oxidation sites excluding steroid dienone is 2. The summed E-state index contributed by atoms with van der Waals surface area (Å²) in [6, 6.07) is 4.50. The van der Waals surface area contributed by atoms with E-state index in [2.05, 4.69) is 61.5 Å². The Kier molecular flexibility index (Phi) is 8.66. The van der Waals surface area contributed by atoms with E-state index in [9.17, 15) is 20.1 Å². The number of hydrogen-bond donors (Lipinski definition) is 3. The molecule has 0 aromatic heterocycles. The molecule has 0 heterocycles. The Morgan fingerprint density at radius 3 is 2.32 bits per heavy atom. The van der Waals surface area contributed by atoms with Gasteiger partial charge in [-0.3, -0.25) is 0 Å². The molecule has 4 saturated carbocycles. The highest BCUT2D eigenvalue weighted by molar-refractivity contribution is 5.87. The maximum atomic E-state index is 13.0. The minimum Gasteiger partial charge on any atom is -0.504 e. The predicted octanol–water partition coefficient (Wildman–Crippen LogP) is 9.21. The number of aliphatic hydroxyl groups is 1. The number of carbonyl (C=O) groups excluding carboxylic acids is 1. The third kappa shape index (κ3) is 5.43. The molecule has 4 aliphatic rings. The van der Waals surface area contributed by atoms with Crippen molar-refractivity contribution in [3.8, 4) is 11.5 Å². The van der Waals surface area contributed by atoms with Crippen molar-refractivity contribution in [2.24, 2.45) is 45.3 Å². The lowest BCUT2D eigenvalue weighted by atomic mass is 9.35. The van der Waals surface area contributed by atoms with Gasteiger partial charge in [0.1, 0.15) is 6.10 Å². The quantitative estimate of drug-likeness (QED) is 0.125. The summed E-state index contributed by atoms with van der Waals surface area (Å²) in [6.45, 7) is 18.8. The molecule has 5 heteroatoms. The molecule has 5 rings (SSSR count). The second kappa shape index (κ2) is 11.5. The topological polar surface area (TPSA) is 87.0 Å². The number of esters is 1. The highest BCUT2D eigenvalue weighted by atomic mass is 16.5. The van der Waals surface area contributed by atoms with Crippen LogP contribution in [-0.4, -0.2) is 33.0 Å². The van der Waals surface area contributed by atoms with Crippen LogP contribution in [-0.2, 0) is 9.53 Å². The van der Waals surface area contributed by atoms with Crippen LogP contribution in [0.1, 0.15) is 125 Å². The van der Waals surface area contributed by atoms with Gasteiger partial charge in [-0.2, -0.15) is 0 Å². The Hall–Kier alpha value is -2.27. The molecule has 5 nitrogen and oxygen atoms in total. The van der Waals surface area contributed by atoms with Gasteiger partial charge in [0.2, 0.25) is 0 Å². The zero-order chi connectivity index (χ0) is 32.3. The zero-order valence-corrected chi connectivity index (χ0v) is 28.6. The van der Waals surface area contributed by atoms with E-state index in [1.807, 2.05) is 0 Å². The second-order valence-corrected chi connectivity index (χ2v) is 16.9. The molecule has 3 N–H and O–H groups in total. The number of aromatic hydroxyl groups is 2. The number of hydrogen-bond acceptors (Lipinski definition) is 5. The van der Waals surface area contributed by atoms with Gasteiger partial charge in [-0.25, -0.2) is 4.79 Å². The minimum atomic E-state index is -0.625. The smallest absolute Gasteiger partial charge is 0.331 e. The van der Waals surface area contributed by atoms with Crippen LogP contribution in [0, 0.1) is 45.3 Å². The van der Waals surface area contributed by atoms with Gasteiger partial charge < -0.3 is 20.1 Å². The fourth-order valence-corrected chi connectivity index (χ4v) is 11.5. The molecule has 244 valence electrons. The van der Waals surface area contributed by atoms with Crippen LogP contribution in [0.4, 0.5) is 0 Å².